The summed E-state index contributed by atoms with van der Waals surface area (Å²) in [4.78, 5) is 4.30. The summed E-state index contributed by atoms with van der Waals surface area (Å²) in [5, 5.41) is 2.70. The fourth-order valence-corrected chi connectivity index (χ4v) is 2.76. The third-order valence-corrected chi connectivity index (χ3v) is 4.28. The number of halogens is 4. The number of rotatable bonds is 5. The van der Waals surface area contributed by atoms with Crippen molar-refractivity contribution in [3.05, 3.63) is 24.3 Å². The largest absolute Gasteiger partial charge is 0.573 e. The second-order valence-electron chi connectivity index (χ2n) is 6.01. The Morgan fingerprint density at radius 1 is 1.30 bits per heavy atom. The van der Waals surface area contributed by atoms with Crippen LogP contribution in [0.3, 0.4) is 0 Å². The molecule has 128 valence electrons. The second kappa shape index (κ2) is 6.74. The van der Waals surface area contributed by atoms with Crippen LogP contribution in [0.1, 0.15) is 25.7 Å². The molecular weight excluding hydrogens is 422 g/mol. The van der Waals surface area contributed by atoms with E-state index in [2.05, 4.69) is 15.0 Å². The van der Waals surface area contributed by atoms with Crippen LogP contribution in [0.25, 0.3) is 0 Å². The number of guanidine groups is 1. The van der Waals surface area contributed by atoms with Gasteiger partial charge in [-0.15, -0.1) is 37.1 Å². The highest BCUT2D eigenvalue weighted by Gasteiger charge is 2.53. The minimum Gasteiger partial charge on any atom is -0.404 e. The fourth-order valence-electron chi connectivity index (χ4n) is 2.76. The molecule has 4 nitrogen and oxygen atoms in total. The zero-order valence-electron chi connectivity index (χ0n) is 12.4. The molecule has 23 heavy (non-hydrogen) atoms. The van der Waals surface area contributed by atoms with E-state index in [1.165, 1.54) is 43.9 Å². The summed E-state index contributed by atoms with van der Waals surface area (Å²) in [5.74, 6) is 0.548. The molecule has 0 aromatic heterocycles. The Hall–Kier alpha value is -1.19. The maximum Gasteiger partial charge on any atom is 0.573 e. The first-order valence-electron chi connectivity index (χ1n) is 7.30. The van der Waals surface area contributed by atoms with Crippen LogP contribution in [0.4, 0.5) is 18.9 Å². The van der Waals surface area contributed by atoms with Gasteiger partial charge in [-0.05, 0) is 49.1 Å². The van der Waals surface area contributed by atoms with E-state index in [1.807, 2.05) is 0 Å². The normalized spacial score (nSPS) is 19.7. The molecule has 0 heterocycles. The Morgan fingerprint density at radius 2 is 1.96 bits per heavy atom. The summed E-state index contributed by atoms with van der Waals surface area (Å²) in [6.45, 7) is 0.638. The van der Waals surface area contributed by atoms with Crippen molar-refractivity contribution in [2.24, 2.45) is 22.1 Å². The third-order valence-electron chi connectivity index (χ3n) is 4.28. The molecule has 3 N–H and O–H groups in total. The second-order valence-corrected chi connectivity index (χ2v) is 6.01. The number of ether oxygens (including phenoxy) is 1. The van der Waals surface area contributed by atoms with E-state index in [4.69, 9.17) is 5.73 Å². The zero-order valence-corrected chi connectivity index (χ0v) is 14.7. The number of hydrogen-bond acceptors (Lipinski definition) is 2. The first-order valence-corrected chi connectivity index (χ1v) is 7.30. The van der Waals surface area contributed by atoms with E-state index >= 15 is 0 Å². The van der Waals surface area contributed by atoms with Gasteiger partial charge in [0.25, 0.3) is 0 Å². The van der Waals surface area contributed by atoms with Gasteiger partial charge in [0.05, 0.1) is 5.69 Å². The number of nitrogens with zero attached hydrogens (tertiary/aromatic N) is 1. The molecule has 0 radical (unpaired) electrons. The number of alkyl halides is 3. The van der Waals surface area contributed by atoms with E-state index in [-0.39, 0.29) is 41.4 Å². The predicted octanol–water partition coefficient (Wildman–Crippen LogP) is 4.12. The van der Waals surface area contributed by atoms with Crippen molar-refractivity contribution in [2.45, 2.75) is 32.0 Å². The maximum atomic E-state index is 12.4. The van der Waals surface area contributed by atoms with Crippen molar-refractivity contribution < 1.29 is 17.9 Å². The number of aliphatic imine (C=N–C) groups is 1. The van der Waals surface area contributed by atoms with Crippen LogP contribution in [-0.4, -0.2) is 18.9 Å². The van der Waals surface area contributed by atoms with Gasteiger partial charge in [-0.3, -0.25) is 4.99 Å². The molecule has 0 bridgehead atoms. The molecule has 2 saturated carbocycles. The molecule has 0 saturated heterocycles. The van der Waals surface area contributed by atoms with Crippen LogP contribution >= 0.6 is 24.0 Å². The van der Waals surface area contributed by atoms with Gasteiger partial charge in [-0.25, -0.2) is 0 Å². The Morgan fingerprint density at radius 3 is 2.52 bits per heavy atom. The number of nitrogens with two attached hydrogens (primary N) is 1. The highest BCUT2D eigenvalue weighted by atomic mass is 127. The SMILES string of the molecule is I.NC(=NCC1(C2CC2)CC1)Nc1ccccc1OC(F)(F)F. The molecule has 0 unspecified atom stereocenters. The number of anilines is 1. The van der Waals surface area contributed by atoms with E-state index in [9.17, 15) is 13.2 Å². The molecule has 0 spiro atoms. The van der Waals surface area contributed by atoms with Crippen LogP contribution in [0, 0.1) is 11.3 Å². The van der Waals surface area contributed by atoms with Crippen LogP contribution in [-0.2, 0) is 0 Å². The molecule has 3 rings (SSSR count). The first-order chi connectivity index (χ1) is 10.4. The standard InChI is InChI=1S/C15H18F3N3O.HI/c16-15(17,18)22-12-4-2-1-3-11(12)21-13(19)20-9-14(7-8-14)10-5-6-10;/h1-4,10H,5-9H2,(H3,19,20,21);1H. The molecule has 8 heteroatoms. The quantitative estimate of drug-likeness (QED) is 0.411. The summed E-state index contributed by atoms with van der Waals surface area (Å²) in [7, 11) is 0. The molecule has 1 aromatic carbocycles. The molecule has 2 aliphatic carbocycles. The van der Waals surface area contributed by atoms with Crippen LogP contribution in [0.2, 0.25) is 0 Å². The Labute approximate surface area is 149 Å². The highest BCUT2D eigenvalue weighted by Crippen LogP contribution is 2.61. The van der Waals surface area contributed by atoms with Gasteiger partial charge in [0, 0.05) is 6.54 Å². The van der Waals surface area contributed by atoms with Crippen molar-refractivity contribution in [1.82, 2.24) is 0 Å². The molecule has 2 aliphatic rings. The fraction of sp³-hybridized carbons (Fsp3) is 0.533. The number of para-hydroxylation sites is 2. The van der Waals surface area contributed by atoms with Crippen LogP contribution in [0.15, 0.2) is 29.3 Å². The van der Waals surface area contributed by atoms with Crippen molar-refractivity contribution in [2.75, 3.05) is 11.9 Å². The van der Waals surface area contributed by atoms with E-state index in [0.29, 0.717) is 12.0 Å². The Kier molecular flexibility index (Phi) is 5.32. The van der Waals surface area contributed by atoms with Crippen molar-refractivity contribution >= 4 is 35.6 Å². The lowest BCUT2D eigenvalue weighted by atomic mass is 10.0. The molecule has 0 aliphatic heterocycles. The number of nitrogens with one attached hydrogen (secondary N) is 1. The molecular formula is C15H19F3IN3O. The summed E-state index contributed by atoms with van der Waals surface area (Å²) in [5.41, 5.74) is 6.25. The smallest absolute Gasteiger partial charge is 0.404 e. The van der Waals surface area contributed by atoms with Gasteiger partial charge in [-0.2, -0.15) is 0 Å². The van der Waals surface area contributed by atoms with Crippen LogP contribution < -0.4 is 15.8 Å². The first kappa shape index (κ1) is 18.2. The lowest BCUT2D eigenvalue weighted by molar-refractivity contribution is -0.274. The van der Waals surface area contributed by atoms with E-state index in [0.717, 1.165) is 5.92 Å². The monoisotopic (exact) mass is 441 g/mol. The average molecular weight is 441 g/mol. The molecule has 0 amide bonds. The number of benzene rings is 1. The predicted molar refractivity (Wildman–Crippen MR) is 93.0 cm³/mol. The lowest BCUT2D eigenvalue weighted by Crippen LogP contribution is -2.25. The Balaban J connectivity index is 0.00000192. The minimum atomic E-state index is -4.74. The van der Waals surface area contributed by atoms with Gasteiger partial charge in [0.15, 0.2) is 11.7 Å². The highest BCUT2D eigenvalue weighted by molar-refractivity contribution is 14.0. The van der Waals surface area contributed by atoms with E-state index in [1.54, 1.807) is 6.07 Å². The van der Waals surface area contributed by atoms with Crippen molar-refractivity contribution in [3.8, 4) is 5.75 Å². The molecule has 2 fully saturated rings. The van der Waals surface area contributed by atoms with Crippen LogP contribution in [0.5, 0.6) is 5.75 Å². The third kappa shape index (κ3) is 4.89. The van der Waals surface area contributed by atoms with Crippen molar-refractivity contribution in [3.63, 3.8) is 0 Å². The number of hydrogen-bond donors (Lipinski definition) is 2. The van der Waals surface area contributed by atoms with Gasteiger partial charge in [0.1, 0.15) is 0 Å². The summed E-state index contributed by atoms with van der Waals surface area (Å²) in [6, 6.07) is 5.77. The Bertz CT molecular complexity index is 584. The van der Waals surface area contributed by atoms with E-state index < -0.39 is 6.36 Å². The van der Waals surface area contributed by atoms with Crippen molar-refractivity contribution in [1.29, 1.82) is 0 Å². The lowest BCUT2D eigenvalue weighted by Gasteiger charge is -2.15. The molecule has 1 aromatic rings. The minimum absolute atomic E-state index is 0. The summed E-state index contributed by atoms with van der Waals surface area (Å²) >= 11 is 0. The molecule has 0 atom stereocenters. The summed E-state index contributed by atoms with van der Waals surface area (Å²) < 4.78 is 41.0. The average Bonchev–Trinajstić information content (AvgIpc) is 3.30. The topological polar surface area (TPSA) is 59.6 Å². The maximum absolute atomic E-state index is 12.4. The van der Waals surface area contributed by atoms with Gasteiger partial charge >= 0.3 is 6.36 Å². The van der Waals surface area contributed by atoms with Gasteiger partial charge in [-0.1, -0.05) is 12.1 Å². The van der Waals surface area contributed by atoms with Gasteiger partial charge < -0.3 is 15.8 Å². The summed E-state index contributed by atoms with van der Waals surface area (Å²) in [6.07, 6.45) is 0.106. The zero-order chi connectivity index (χ0) is 15.8. The van der Waals surface area contributed by atoms with Gasteiger partial charge in [0.2, 0.25) is 0 Å².